The summed E-state index contributed by atoms with van der Waals surface area (Å²) in [5, 5.41) is 9.27. The zero-order chi connectivity index (χ0) is 11.9. The van der Waals surface area contributed by atoms with Crippen molar-refractivity contribution in [3.8, 4) is 0 Å². The van der Waals surface area contributed by atoms with Crippen LogP contribution in [0.15, 0.2) is 38.5 Å². The van der Waals surface area contributed by atoms with Crippen LogP contribution in [0.1, 0.15) is 13.8 Å². The Morgan fingerprint density at radius 3 is 1.53 bits per heavy atom. The quantitative estimate of drug-likeness (QED) is 0.496. The van der Waals surface area contributed by atoms with Crippen LogP contribution in [0.4, 0.5) is 0 Å². The van der Waals surface area contributed by atoms with Crippen LogP contribution in [0.5, 0.6) is 0 Å². The van der Waals surface area contributed by atoms with Crippen molar-refractivity contribution in [2.75, 3.05) is 6.61 Å². The minimum absolute atomic E-state index is 0.206. The van der Waals surface area contributed by atoms with E-state index in [0.29, 0.717) is 0 Å². The third-order valence-corrected chi connectivity index (χ3v) is 1.94. The van der Waals surface area contributed by atoms with Gasteiger partial charge in [-0.2, -0.15) is 0 Å². The Kier molecular flexibility index (Phi) is 4.94. The molecule has 0 heterocycles. The van der Waals surface area contributed by atoms with Gasteiger partial charge in [0, 0.05) is 0 Å². The van der Waals surface area contributed by atoms with Gasteiger partial charge in [-0.1, -0.05) is 19.7 Å². The lowest BCUT2D eigenvalue weighted by molar-refractivity contribution is -0.374. The molecule has 0 aliphatic heterocycles. The van der Waals surface area contributed by atoms with Gasteiger partial charge in [0.1, 0.15) is 5.41 Å². The highest BCUT2D eigenvalue weighted by atomic mass is 16.9. The maximum absolute atomic E-state index is 9.27. The van der Waals surface area contributed by atoms with Gasteiger partial charge in [-0.3, -0.25) is 0 Å². The molecule has 15 heavy (non-hydrogen) atoms. The molecule has 1 N–H and O–H groups in total. The lowest BCUT2D eigenvalue weighted by atomic mass is 9.91. The first-order chi connectivity index (χ1) is 6.99. The summed E-state index contributed by atoms with van der Waals surface area (Å²) in [5.41, 5.74) is -0.816. The largest absolute Gasteiger partial charge is 0.429 e. The van der Waals surface area contributed by atoms with Crippen LogP contribution in [0, 0.1) is 5.41 Å². The van der Waals surface area contributed by atoms with Crippen molar-refractivity contribution in [2.45, 2.75) is 19.8 Å². The Hall–Kier alpha value is -1.42. The summed E-state index contributed by atoms with van der Waals surface area (Å²) < 4.78 is 15.5. The first kappa shape index (κ1) is 13.6. The fourth-order valence-electron chi connectivity index (χ4n) is 0.988. The molecular formula is C11H18O4. The molecule has 0 saturated heterocycles. The molecule has 0 aromatic rings. The minimum atomic E-state index is -1.51. The van der Waals surface area contributed by atoms with Crippen LogP contribution >= 0.6 is 0 Å². The highest BCUT2D eigenvalue weighted by Gasteiger charge is 2.51. The van der Waals surface area contributed by atoms with Crippen molar-refractivity contribution in [1.29, 1.82) is 0 Å². The molecule has 0 aromatic heterocycles. The third kappa shape index (κ3) is 2.76. The van der Waals surface area contributed by atoms with Gasteiger partial charge >= 0.3 is 5.97 Å². The molecular weight excluding hydrogens is 196 g/mol. The number of hydrogen-bond acceptors (Lipinski definition) is 4. The van der Waals surface area contributed by atoms with Crippen molar-refractivity contribution in [3.05, 3.63) is 38.5 Å². The van der Waals surface area contributed by atoms with Gasteiger partial charge in [-0.25, -0.2) is 0 Å². The number of ether oxygens (including phenoxy) is 3. The van der Waals surface area contributed by atoms with Gasteiger partial charge in [-0.15, -0.1) is 0 Å². The fourth-order valence-corrected chi connectivity index (χ4v) is 0.988. The lowest BCUT2D eigenvalue weighted by Crippen LogP contribution is -2.50. The average Bonchev–Trinajstić information content (AvgIpc) is 2.18. The van der Waals surface area contributed by atoms with Gasteiger partial charge in [0.2, 0.25) is 0 Å². The Labute approximate surface area is 90.5 Å². The lowest BCUT2D eigenvalue weighted by Gasteiger charge is -2.40. The second-order valence-corrected chi connectivity index (χ2v) is 3.45. The zero-order valence-corrected chi connectivity index (χ0v) is 9.23. The smallest absolute Gasteiger partial charge is 0.423 e. The molecule has 0 spiro atoms. The molecule has 0 saturated carbocycles. The predicted molar refractivity (Wildman–Crippen MR) is 57.4 cm³/mol. The monoisotopic (exact) mass is 214 g/mol. The standard InChI is InChI=1S/C11H18O4/c1-6-13-11(14-7-2,15-8-3)10(4,5)9-12/h6-8,12H,1-3,9H2,4-5H3. The van der Waals surface area contributed by atoms with E-state index in [9.17, 15) is 5.11 Å². The van der Waals surface area contributed by atoms with E-state index < -0.39 is 11.4 Å². The van der Waals surface area contributed by atoms with Crippen molar-refractivity contribution < 1.29 is 19.3 Å². The van der Waals surface area contributed by atoms with E-state index in [4.69, 9.17) is 14.2 Å². The van der Waals surface area contributed by atoms with E-state index in [1.165, 1.54) is 18.8 Å². The summed E-state index contributed by atoms with van der Waals surface area (Å²) in [4.78, 5) is 0. The van der Waals surface area contributed by atoms with Crippen LogP contribution in [-0.2, 0) is 14.2 Å². The molecule has 0 radical (unpaired) electrons. The van der Waals surface area contributed by atoms with Crippen molar-refractivity contribution >= 4 is 0 Å². The topological polar surface area (TPSA) is 47.9 Å². The van der Waals surface area contributed by atoms with Crippen LogP contribution in [0.25, 0.3) is 0 Å². The summed E-state index contributed by atoms with van der Waals surface area (Å²) in [6, 6.07) is 0. The highest BCUT2D eigenvalue weighted by molar-refractivity contribution is 4.85. The van der Waals surface area contributed by atoms with Crippen molar-refractivity contribution in [3.63, 3.8) is 0 Å². The summed E-state index contributed by atoms with van der Waals surface area (Å²) >= 11 is 0. The van der Waals surface area contributed by atoms with Gasteiger partial charge < -0.3 is 19.3 Å². The summed E-state index contributed by atoms with van der Waals surface area (Å²) in [5.74, 6) is -1.51. The van der Waals surface area contributed by atoms with Gasteiger partial charge in [0.25, 0.3) is 0 Å². The fraction of sp³-hybridized carbons (Fsp3) is 0.455. The molecule has 0 atom stereocenters. The number of hydrogen-bond donors (Lipinski definition) is 1. The van der Waals surface area contributed by atoms with Gasteiger partial charge in [0.05, 0.1) is 25.4 Å². The normalized spacial score (nSPS) is 11.4. The zero-order valence-electron chi connectivity index (χ0n) is 9.23. The molecule has 4 heteroatoms. The molecule has 4 nitrogen and oxygen atoms in total. The van der Waals surface area contributed by atoms with Crippen LogP contribution < -0.4 is 0 Å². The van der Waals surface area contributed by atoms with E-state index in [2.05, 4.69) is 19.7 Å². The summed E-state index contributed by atoms with van der Waals surface area (Å²) in [7, 11) is 0. The number of aliphatic hydroxyl groups excluding tert-OH is 1. The predicted octanol–water partition coefficient (Wildman–Crippen LogP) is 2.14. The molecule has 0 aliphatic rings. The maximum atomic E-state index is 9.27. The van der Waals surface area contributed by atoms with E-state index in [0.717, 1.165) is 0 Å². The Bertz CT molecular complexity index is 206. The van der Waals surface area contributed by atoms with E-state index >= 15 is 0 Å². The Morgan fingerprint density at radius 2 is 1.33 bits per heavy atom. The molecule has 0 unspecified atom stereocenters. The Balaban J connectivity index is 5.15. The second-order valence-electron chi connectivity index (χ2n) is 3.45. The molecule has 0 aliphatic carbocycles. The SMILES string of the molecule is C=COC(OC=C)(OC=C)C(C)(C)CO. The molecule has 86 valence electrons. The van der Waals surface area contributed by atoms with E-state index in [-0.39, 0.29) is 6.61 Å². The second kappa shape index (κ2) is 5.46. The van der Waals surface area contributed by atoms with Crippen LogP contribution in [0.3, 0.4) is 0 Å². The Morgan fingerprint density at radius 1 is 1.00 bits per heavy atom. The minimum Gasteiger partial charge on any atom is -0.429 e. The molecule has 0 rings (SSSR count). The first-order valence-electron chi connectivity index (χ1n) is 4.46. The van der Waals surface area contributed by atoms with E-state index in [1.807, 2.05) is 0 Å². The molecule has 0 amide bonds. The summed E-state index contributed by atoms with van der Waals surface area (Å²) in [6.07, 6.45) is 3.51. The van der Waals surface area contributed by atoms with Gasteiger partial charge in [-0.05, 0) is 13.8 Å². The molecule has 0 fully saturated rings. The summed E-state index contributed by atoms with van der Waals surface area (Å²) in [6.45, 7) is 13.5. The number of rotatable bonds is 8. The average molecular weight is 214 g/mol. The van der Waals surface area contributed by atoms with Gasteiger partial charge in [0.15, 0.2) is 0 Å². The van der Waals surface area contributed by atoms with Crippen LogP contribution in [-0.4, -0.2) is 17.7 Å². The van der Waals surface area contributed by atoms with Crippen LogP contribution in [0.2, 0.25) is 0 Å². The van der Waals surface area contributed by atoms with Crippen molar-refractivity contribution in [1.82, 2.24) is 0 Å². The molecule has 0 bridgehead atoms. The first-order valence-corrected chi connectivity index (χ1v) is 4.46. The highest BCUT2D eigenvalue weighted by Crippen LogP contribution is 2.37. The van der Waals surface area contributed by atoms with Crippen molar-refractivity contribution in [2.24, 2.45) is 5.41 Å². The molecule has 0 aromatic carbocycles. The van der Waals surface area contributed by atoms with E-state index in [1.54, 1.807) is 13.8 Å². The maximum Gasteiger partial charge on any atom is 0.423 e. The third-order valence-electron chi connectivity index (χ3n) is 1.94. The number of aliphatic hydroxyl groups is 1.